The van der Waals surface area contributed by atoms with Gasteiger partial charge in [-0.2, -0.15) is 4.99 Å². The molecule has 1 aliphatic heterocycles. The number of aliphatic imine (C=N–C) groups is 1. The van der Waals surface area contributed by atoms with E-state index in [1.807, 2.05) is 24.3 Å². The highest BCUT2D eigenvalue weighted by Crippen LogP contribution is 2.28. The van der Waals surface area contributed by atoms with Crippen LogP contribution in [-0.4, -0.2) is 30.1 Å². The molecule has 0 aromatic heterocycles. The molecular formula is C16H19N3O2S. The van der Waals surface area contributed by atoms with Crippen molar-refractivity contribution >= 4 is 40.5 Å². The standard InChI is InChI=1S/C16H19N3O2S/c1-4-19(5-2)13-8-6-12(7-9-13)10-14-15(21)18-16(22-14)17-11(3)20/h6-10H,4-5H2,1-3H3,(H,17,18,20,21)/b14-10+. The van der Waals surface area contributed by atoms with Crippen molar-refractivity contribution in [1.82, 2.24) is 5.32 Å². The summed E-state index contributed by atoms with van der Waals surface area (Å²) in [5.74, 6) is -0.551. The Kier molecular flexibility index (Phi) is 5.38. The van der Waals surface area contributed by atoms with Crippen molar-refractivity contribution in [1.29, 1.82) is 0 Å². The Bertz CT molecular complexity index is 631. The molecule has 1 heterocycles. The number of amidine groups is 1. The van der Waals surface area contributed by atoms with Crippen molar-refractivity contribution in [3.8, 4) is 0 Å². The normalized spacial score (nSPS) is 15.9. The van der Waals surface area contributed by atoms with Gasteiger partial charge in [0.15, 0.2) is 5.17 Å². The maximum absolute atomic E-state index is 11.8. The second-order valence-corrected chi connectivity index (χ2v) is 5.81. The first-order chi connectivity index (χ1) is 10.5. The lowest BCUT2D eigenvalue weighted by molar-refractivity contribution is -0.117. The van der Waals surface area contributed by atoms with E-state index in [2.05, 4.69) is 29.1 Å². The molecule has 2 rings (SSSR count). The zero-order chi connectivity index (χ0) is 16.1. The lowest BCUT2D eigenvalue weighted by Gasteiger charge is -2.20. The Morgan fingerprint density at radius 2 is 1.91 bits per heavy atom. The lowest BCUT2D eigenvalue weighted by Crippen LogP contribution is -2.23. The lowest BCUT2D eigenvalue weighted by atomic mass is 10.2. The summed E-state index contributed by atoms with van der Waals surface area (Å²) in [4.78, 5) is 29.4. The average molecular weight is 317 g/mol. The zero-order valence-electron chi connectivity index (χ0n) is 12.9. The van der Waals surface area contributed by atoms with E-state index in [0.717, 1.165) is 24.3 Å². The fourth-order valence-corrected chi connectivity index (χ4v) is 2.99. The molecule has 0 spiro atoms. The molecule has 0 saturated heterocycles. The molecule has 6 heteroatoms. The predicted octanol–water partition coefficient (Wildman–Crippen LogP) is 2.64. The molecule has 0 fully saturated rings. The first kappa shape index (κ1) is 16.3. The van der Waals surface area contributed by atoms with E-state index in [-0.39, 0.29) is 11.8 Å². The topological polar surface area (TPSA) is 61.8 Å². The molecule has 0 unspecified atom stereocenters. The van der Waals surface area contributed by atoms with E-state index in [0.29, 0.717) is 10.1 Å². The van der Waals surface area contributed by atoms with Crippen LogP contribution in [0.4, 0.5) is 5.69 Å². The van der Waals surface area contributed by atoms with Crippen molar-refractivity contribution in [3.05, 3.63) is 34.7 Å². The minimum absolute atomic E-state index is 0.233. The summed E-state index contributed by atoms with van der Waals surface area (Å²) in [6, 6.07) is 8.04. The summed E-state index contributed by atoms with van der Waals surface area (Å²) in [7, 11) is 0. The summed E-state index contributed by atoms with van der Waals surface area (Å²) in [5.41, 5.74) is 2.10. The number of rotatable bonds is 4. The highest BCUT2D eigenvalue weighted by Gasteiger charge is 2.22. The van der Waals surface area contributed by atoms with Gasteiger partial charge in [-0.25, -0.2) is 0 Å². The number of thioether (sulfide) groups is 1. The molecule has 2 amide bonds. The molecule has 0 bridgehead atoms. The molecular weight excluding hydrogens is 298 g/mol. The fourth-order valence-electron chi connectivity index (χ4n) is 2.13. The van der Waals surface area contributed by atoms with Gasteiger partial charge < -0.3 is 10.2 Å². The number of amides is 2. The zero-order valence-corrected chi connectivity index (χ0v) is 13.7. The summed E-state index contributed by atoms with van der Waals surface area (Å²) in [6.45, 7) is 7.54. The maximum Gasteiger partial charge on any atom is 0.286 e. The third-order valence-corrected chi connectivity index (χ3v) is 4.12. The molecule has 1 aromatic carbocycles. The van der Waals surface area contributed by atoms with E-state index in [4.69, 9.17) is 0 Å². The van der Waals surface area contributed by atoms with Crippen LogP contribution in [0.3, 0.4) is 0 Å². The van der Waals surface area contributed by atoms with E-state index < -0.39 is 0 Å². The monoisotopic (exact) mass is 317 g/mol. The average Bonchev–Trinajstić information content (AvgIpc) is 2.81. The highest BCUT2D eigenvalue weighted by atomic mass is 32.2. The molecule has 0 saturated carbocycles. The van der Waals surface area contributed by atoms with Crippen molar-refractivity contribution in [3.63, 3.8) is 0 Å². The number of benzene rings is 1. The smallest absolute Gasteiger partial charge is 0.286 e. The minimum Gasteiger partial charge on any atom is -0.372 e. The molecule has 0 radical (unpaired) electrons. The van der Waals surface area contributed by atoms with Gasteiger partial charge in [0.2, 0.25) is 5.91 Å². The van der Waals surface area contributed by atoms with E-state index in [9.17, 15) is 9.59 Å². The van der Waals surface area contributed by atoms with Gasteiger partial charge in [0, 0.05) is 25.7 Å². The summed E-state index contributed by atoms with van der Waals surface area (Å²) in [6.07, 6.45) is 1.79. The number of nitrogens with zero attached hydrogens (tertiary/aromatic N) is 2. The summed E-state index contributed by atoms with van der Waals surface area (Å²) in [5, 5.41) is 2.87. The Labute approximate surface area is 134 Å². The SMILES string of the molecule is CCN(CC)c1ccc(/C=C2/SC(NC(C)=O)=NC2=O)cc1. The summed E-state index contributed by atoms with van der Waals surface area (Å²) < 4.78 is 0. The number of carbonyl (C=O) groups is 2. The fraction of sp³-hybridized carbons (Fsp3) is 0.312. The van der Waals surface area contributed by atoms with Crippen molar-refractivity contribution < 1.29 is 9.59 Å². The molecule has 0 atom stereocenters. The quantitative estimate of drug-likeness (QED) is 0.867. The van der Waals surface area contributed by atoms with E-state index in [1.54, 1.807) is 6.08 Å². The Hall–Kier alpha value is -2.08. The van der Waals surface area contributed by atoms with Crippen LogP contribution >= 0.6 is 11.8 Å². The molecule has 5 nitrogen and oxygen atoms in total. The molecule has 1 N–H and O–H groups in total. The predicted molar refractivity (Wildman–Crippen MR) is 91.8 cm³/mol. The van der Waals surface area contributed by atoms with Gasteiger partial charge in [-0.3, -0.25) is 9.59 Å². The largest absolute Gasteiger partial charge is 0.372 e. The van der Waals surface area contributed by atoms with Gasteiger partial charge in [0.1, 0.15) is 0 Å². The van der Waals surface area contributed by atoms with Crippen LogP contribution in [0.1, 0.15) is 26.3 Å². The van der Waals surface area contributed by atoms with Crippen molar-refractivity contribution in [2.75, 3.05) is 18.0 Å². The van der Waals surface area contributed by atoms with Crippen LogP contribution in [0.5, 0.6) is 0 Å². The van der Waals surface area contributed by atoms with Crippen molar-refractivity contribution in [2.45, 2.75) is 20.8 Å². The number of anilines is 1. The first-order valence-corrected chi connectivity index (χ1v) is 8.00. The second-order valence-electron chi connectivity index (χ2n) is 4.78. The molecule has 22 heavy (non-hydrogen) atoms. The van der Waals surface area contributed by atoms with Crippen LogP contribution < -0.4 is 10.2 Å². The van der Waals surface area contributed by atoms with Gasteiger partial charge in [-0.1, -0.05) is 12.1 Å². The number of hydrogen-bond donors (Lipinski definition) is 1. The highest BCUT2D eigenvalue weighted by molar-refractivity contribution is 8.18. The molecule has 0 aliphatic carbocycles. The third kappa shape index (κ3) is 3.98. The minimum atomic E-state index is -0.318. The van der Waals surface area contributed by atoms with Crippen LogP contribution in [-0.2, 0) is 9.59 Å². The molecule has 1 aliphatic rings. The van der Waals surface area contributed by atoms with E-state index >= 15 is 0 Å². The first-order valence-electron chi connectivity index (χ1n) is 7.18. The number of hydrogen-bond acceptors (Lipinski definition) is 4. The Balaban J connectivity index is 2.11. The van der Waals surface area contributed by atoms with Gasteiger partial charge in [-0.15, -0.1) is 0 Å². The molecule has 1 aromatic rings. The Morgan fingerprint density at radius 3 is 2.45 bits per heavy atom. The molecule has 116 valence electrons. The Morgan fingerprint density at radius 1 is 1.27 bits per heavy atom. The van der Waals surface area contributed by atoms with Crippen LogP contribution in [0.2, 0.25) is 0 Å². The van der Waals surface area contributed by atoms with Gasteiger partial charge in [-0.05, 0) is 49.4 Å². The van der Waals surface area contributed by atoms with Crippen LogP contribution in [0.15, 0.2) is 34.2 Å². The number of carbonyl (C=O) groups excluding carboxylic acids is 2. The van der Waals surface area contributed by atoms with Crippen LogP contribution in [0.25, 0.3) is 6.08 Å². The van der Waals surface area contributed by atoms with E-state index in [1.165, 1.54) is 18.7 Å². The van der Waals surface area contributed by atoms with Crippen LogP contribution in [0, 0.1) is 0 Å². The number of nitrogens with one attached hydrogen (secondary N) is 1. The summed E-state index contributed by atoms with van der Waals surface area (Å²) >= 11 is 1.18. The van der Waals surface area contributed by atoms with Gasteiger partial charge in [0.25, 0.3) is 5.91 Å². The third-order valence-electron chi connectivity index (χ3n) is 3.22. The van der Waals surface area contributed by atoms with Gasteiger partial charge in [0.05, 0.1) is 4.91 Å². The second kappa shape index (κ2) is 7.26. The van der Waals surface area contributed by atoms with Gasteiger partial charge >= 0.3 is 0 Å². The van der Waals surface area contributed by atoms with Crippen molar-refractivity contribution in [2.24, 2.45) is 4.99 Å². The maximum atomic E-state index is 11.8.